The normalized spacial score (nSPS) is 19.0. The number of terminal acetylenes is 1. The van der Waals surface area contributed by atoms with Gasteiger partial charge in [-0.1, -0.05) is 5.92 Å². The number of nitrogens with one attached hydrogen (secondary N) is 2. The summed E-state index contributed by atoms with van der Waals surface area (Å²) in [6, 6.07) is -0.281. The third-order valence-corrected chi connectivity index (χ3v) is 3.25. The van der Waals surface area contributed by atoms with Crippen molar-refractivity contribution in [2.45, 2.75) is 19.9 Å². The van der Waals surface area contributed by atoms with Gasteiger partial charge in [-0.15, -0.1) is 6.42 Å². The van der Waals surface area contributed by atoms with E-state index in [2.05, 4.69) is 21.4 Å². The second-order valence-electron chi connectivity index (χ2n) is 4.49. The molecule has 2 heterocycles. The van der Waals surface area contributed by atoms with Gasteiger partial charge in [0.1, 0.15) is 0 Å². The zero-order chi connectivity index (χ0) is 13.8. The van der Waals surface area contributed by atoms with Crippen LogP contribution in [0, 0.1) is 26.2 Å². The summed E-state index contributed by atoms with van der Waals surface area (Å²) >= 11 is 0. The van der Waals surface area contributed by atoms with Gasteiger partial charge in [-0.05, 0) is 13.8 Å². The topological polar surface area (TPSA) is 70.2 Å². The standard InChI is InChI=1S/C13H18N4O2/c1-4-5-14-13(18)17-6-7-19-8-11(17)12-9(2)15-16-10(12)3/h1,11H,5-8H2,2-3H3,(H,14,18)(H,15,16)/t11-/m0/s1. The van der Waals surface area contributed by atoms with Crippen LogP contribution in [0.15, 0.2) is 0 Å². The first-order valence-corrected chi connectivity index (χ1v) is 6.22. The fourth-order valence-corrected chi connectivity index (χ4v) is 2.36. The van der Waals surface area contributed by atoms with E-state index < -0.39 is 0 Å². The number of hydrogen-bond donors (Lipinski definition) is 2. The summed E-state index contributed by atoms with van der Waals surface area (Å²) in [5.74, 6) is 2.40. The predicted molar refractivity (Wildman–Crippen MR) is 70.6 cm³/mol. The van der Waals surface area contributed by atoms with Crippen molar-refractivity contribution < 1.29 is 9.53 Å². The highest BCUT2D eigenvalue weighted by molar-refractivity contribution is 5.75. The van der Waals surface area contributed by atoms with Crippen LogP contribution < -0.4 is 5.32 Å². The van der Waals surface area contributed by atoms with Crippen molar-refractivity contribution in [3.05, 3.63) is 17.0 Å². The van der Waals surface area contributed by atoms with Crippen LogP contribution in [-0.2, 0) is 4.74 Å². The van der Waals surface area contributed by atoms with Gasteiger partial charge in [0.15, 0.2) is 0 Å². The van der Waals surface area contributed by atoms with Gasteiger partial charge in [0.25, 0.3) is 0 Å². The van der Waals surface area contributed by atoms with Crippen molar-refractivity contribution in [1.82, 2.24) is 20.4 Å². The molecule has 6 nitrogen and oxygen atoms in total. The molecule has 1 saturated heterocycles. The lowest BCUT2D eigenvalue weighted by atomic mass is 10.0. The van der Waals surface area contributed by atoms with E-state index in [1.165, 1.54) is 0 Å². The summed E-state index contributed by atoms with van der Waals surface area (Å²) in [5.41, 5.74) is 2.88. The highest BCUT2D eigenvalue weighted by Gasteiger charge is 2.31. The number of rotatable bonds is 2. The van der Waals surface area contributed by atoms with E-state index >= 15 is 0 Å². The molecule has 1 aromatic rings. The van der Waals surface area contributed by atoms with Crippen molar-refractivity contribution in [1.29, 1.82) is 0 Å². The minimum atomic E-state index is -0.161. The number of aryl methyl sites for hydroxylation is 2. The highest BCUT2D eigenvalue weighted by Crippen LogP contribution is 2.28. The molecule has 0 aliphatic carbocycles. The first-order chi connectivity index (χ1) is 9.15. The number of amides is 2. The van der Waals surface area contributed by atoms with Crippen LogP contribution in [0.25, 0.3) is 0 Å². The molecule has 0 unspecified atom stereocenters. The minimum Gasteiger partial charge on any atom is -0.377 e. The number of carbonyl (C=O) groups is 1. The van der Waals surface area contributed by atoms with Crippen LogP contribution in [0.1, 0.15) is 23.0 Å². The van der Waals surface area contributed by atoms with E-state index in [4.69, 9.17) is 11.2 Å². The van der Waals surface area contributed by atoms with Crippen LogP contribution in [0.5, 0.6) is 0 Å². The Morgan fingerprint density at radius 1 is 1.68 bits per heavy atom. The molecule has 2 N–H and O–H groups in total. The monoisotopic (exact) mass is 262 g/mol. The number of carbonyl (C=O) groups excluding carboxylic acids is 1. The number of nitrogens with zero attached hydrogens (tertiary/aromatic N) is 2. The molecule has 1 aromatic heterocycles. The molecular weight excluding hydrogens is 244 g/mol. The molecular formula is C13H18N4O2. The number of hydrogen-bond acceptors (Lipinski definition) is 3. The smallest absolute Gasteiger partial charge is 0.318 e. The summed E-state index contributed by atoms with van der Waals surface area (Å²) in [6.07, 6.45) is 5.16. The molecule has 1 atom stereocenters. The lowest BCUT2D eigenvalue weighted by Crippen LogP contribution is -2.48. The lowest BCUT2D eigenvalue weighted by Gasteiger charge is -2.35. The van der Waals surface area contributed by atoms with Crippen LogP contribution >= 0.6 is 0 Å². The largest absolute Gasteiger partial charge is 0.377 e. The zero-order valence-corrected chi connectivity index (χ0v) is 11.2. The maximum absolute atomic E-state index is 12.1. The van der Waals surface area contributed by atoms with Crippen molar-refractivity contribution in [3.8, 4) is 12.3 Å². The average molecular weight is 262 g/mol. The Hall–Kier alpha value is -2.00. The number of urea groups is 1. The Morgan fingerprint density at radius 3 is 3.11 bits per heavy atom. The summed E-state index contributed by atoms with van der Waals surface area (Å²) in [4.78, 5) is 13.9. The zero-order valence-electron chi connectivity index (χ0n) is 11.2. The summed E-state index contributed by atoms with van der Waals surface area (Å²) in [5, 5.41) is 9.81. The SMILES string of the molecule is C#CCNC(=O)N1CCOC[C@H]1c1c(C)n[nH]c1C. The molecule has 0 saturated carbocycles. The fourth-order valence-electron chi connectivity index (χ4n) is 2.36. The van der Waals surface area contributed by atoms with Crippen molar-refractivity contribution in [2.24, 2.45) is 0 Å². The van der Waals surface area contributed by atoms with Gasteiger partial charge in [0.2, 0.25) is 0 Å². The van der Waals surface area contributed by atoms with Gasteiger partial charge in [0.05, 0.1) is 31.5 Å². The second-order valence-corrected chi connectivity index (χ2v) is 4.49. The third-order valence-electron chi connectivity index (χ3n) is 3.25. The minimum absolute atomic E-state index is 0.120. The fraction of sp³-hybridized carbons (Fsp3) is 0.538. The first kappa shape index (κ1) is 13.4. The van der Waals surface area contributed by atoms with Crippen LogP contribution in [-0.4, -0.2) is 47.4 Å². The number of aromatic nitrogens is 2. The Kier molecular flexibility index (Phi) is 4.07. The maximum atomic E-state index is 12.1. The molecule has 102 valence electrons. The van der Waals surface area contributed by atoms with Crippen LogP contribution in [0.4, 0.5) is 4.79 Å². The van der Waals surface area contributed by atoms with Gasteiger partial charge in [-0.2, -0.15) is 5.10 Å². The number of aromatic amines is 1. The van der Waals surface area contributed by atoms with Crippen molar-refractivity contribution >= 4 is 6.03 Å². The van der Waals surface area contributed by atoms with Crippen LogP contribution in [0.2, 0.25) is 0 Å². The van der Waals surface area contributed by atoms with Gasteiger partial charge in [0, 0.05) is 17.8 Å². The molecule has 2 amide bonds. The van der Waals surface area contributed by atoms with E-state index in [9.17, 15) is 4.79 Å². The van der Waals surface area contributed by atoms with E-state index in [1.54, 1.807) is 4.90 Å². The molecule has 0 aromatic carbocycles. The van der Waals surface area contributed by atoms with E-state index in [1.807, 2.05) is 13.8 Å². The Labute approximate surface area is 112 Å². The van der Waals surface area contributed by atoms with Crippen molar-refractivity contribution in [2.75, 3.05) is 26.3 Å². The van der Waals surface area contributed by atoms with Crippen molar-refractivity contribution in [3.63, 3.8) is 0 Å². The summed E-state index contributed by atoms with van der Waals surface area (Å²) in [7, 11) is 0. The van der Waals surface area contributed by atoms with Gasteiger partial charge < -0.3 is 15.0 Å². The summed E-state index contributed by atoms with van der Waals surface area (Å²) < 4.78 is 5.50. The first-order valence-electron chi connectivity index (χ1n) is 6.22. The molecule has 1 fully saturated rings. The number of ether oxygens (including phenoxy) is 1. The average Bonchev–Trinajstić information content (AvgIpc) is 2.75. The molecule has 1 aliphatic rings. The number of H-pyrrole nitrogens is 1. The van der Waals surface area contributed by atoms with E-state index in [0.717, 1.165) is 17.0 Å². The van der Waals surface area contributed by atoms with Gasteiger partial charge >= 0.3 is 6.03 Å². The molecule has 1 aliphatic heterocycles. The quantitative estimate of drug-likeness (QED) is 0.772. The maximum Gasteiger partial charge on any atom is 0.318 e. The third kappa shape index (κ3) is 2.71. The molecule has 0 radical (unpaired) electrons. The van der Waals surface area contributed by atoms with E-state index in [-0.39, 0.29) is 18.6 Å². The Bertz CT molecular complexity index is 484. The van der Waals surface area contributed by atoms with Crippen LogP contribution in [0.3, 0.4) is 0 Å². The molecule has 2 rings (SSSR count). The lowest BCUT2D eigenvalue weighted by molar-refractivity contribution is 0.0115. The second kappa shape index (κ2) is 5.76. The van der Waals surface area contributed by atoms with Gasteiger partial charge in [-0.3, -0.25) is 5.10 Å². The number of morpholine rings is 1. The molecule has 19 heavy (non-hydrogen) atoms. The van der Waals surface area contributed by atoms with E-state index in [0.29, 0.717) is 19.8 Å². The molecule has 0 bridgehead atoms. The summed E-state index contributed by atoms with van der Waals surface area (Å²) in [6.45, 7) is 5.66. The Balaban J connectivity index is 2.21. The molecule has 0 spiro atoms. The van der Waals surface area contributed by atoms with Gasteiger partial charge in [-0.25, -0.2) is 4.79 Å². The molecule has 6 heteroatoms. The highest BCUT2D eigenvalue weighted by atomic mass is 16.5. The Morgan fingerprint density at radius 2 is 2.47 bits per heavy atom. The predicted octanol–water partition coefficient (Wildman–Crippen LogP) is 0.743.